The fraction of sp³-hybridized carbons (Fsp3) is 0.308. The second-order valence-electron chi connectivity index (χ2n) is 4.28. The van der Waals surface area contributed by atoms with Gasteiger partial charge in [0.2, 0.25) is 0 Å². The van der Waals surface area contributed by atoms with Crippen LogP contribution >= 0.6 is 0 Å². The van der Waals surface area contributed by atoms with E-state index in [1.807, 2.05) is 50.3 Å². The van der Waals surface area contributed by atoms with Crippen LogP contribution in [0.25, 0.3) is 11.0 Å². The van der Waals surface area contributed by atoms with Crippen molar-refractivity contribution in [3.63, 3.8) is 0 Å². The molecule has 3 heteroatoms. The van der Waals surface area contributed by atoms with Gasteiger partial charge in [0.15, 0.2) is 0 Å². The van der Waals surface area contributed by atoms with Gasteiger partial charge >= 0.3 is 0 Å². The van der Waals surface area contributed by atoms with Crippen LogP contribution in [0.3, 0.4) is 0 Å². The number of carbonyl (C=O) groups is 1. The zero-order chi connectivity index (χ0) is 12.3. The Kier molecular flexibility index (Phi) is 3.85. The molecule has 3 nitrogen and oxygen atoms in total. The second kappa shape index (κ2) is 4.94. The van der Waals surface area contributed by atoms with Crippen LogP contribution in [0.15, 0.2) is 36.4 Å². The van der Waals surface area contributed by atoms with Gasteiger partial charge in [0.05, 0.1) is 0 Å². The van der Waals surface area contributed by atoms with Gasteiger partial charge < -0.3 is 4.90 Å². The van der Waals surface area contributed by atoms with Crippen molar-refractivity contribution >= 4 is 16.9 Å². The SMILES string of the molecule is C=C(C)C(=O)n1c2ccc1cc2.CN(C)C. The van der Waals surface area contributed by atoms with Gasteiger partial charge in [-0.2, -0.15) is 0 Å². The molecule has 2 rings (SSSR count). The van der Waals surface area contributed by atoms with E-state index in [-0.39, 0.29) is 5.91 Å². The summed E-state index contributed by atoms with van der Waals surface area (Å²) in [5.74, 6) is -0.0185. The summed E-state index contributed by atoms with van der Waals surface area (Å²) >= 11 is 0. The molecule has 0 aliphatic heterocycles. The first kappa shape index (κ1) is 12.5. The minimum absolute atomic E-state index is 0.0185. The Morgan fingerprint density at radius 3 is 1.69 bits per heavy atom. The van der Waals surface area contributed by atoms with Gasteiger partial charge in [-0.15, -0.1) is 0 Å². The van der Waals surface area contributed by atoms with Crippen LogP contribution < -0.4 is 0 Å². The molecule has 2 aromatic heterocycles. The van der Waals surface area contributed by atoms with Gasteiger partial charge in [-0.05, 0) is 52.3 Å². The molecular formula is C13H18N2O. The smallest absolute Gasteiger partial charge is 0.257 e. The summed E-state index contributed by atoms with van der Waals surface area (Å²) in [5, 5.41) is 0. The summed E-state index contributed by atoms with van der Waals surface area (Å²) < 4.78 is 1.67. The first-order valence-electron chi connectivity index (χ1n) is 5.14. The number of aromatic nitrogens is 1. The van der Waals surface area contributed by atoms with E-state index >= 15 is 0 Å². The molecule has 2 aromatic rings. The summed E-state index contributed by atoms with van der Waals surface area (Å²) in [6.45, 7) is 5.35. The standard InChI is InChI=1S/C10H9NO.C3H9N/c1-7(2)10(12)11-8-3-4-9(11)6-5-8;1-4(2)3/h3-6H,1H2,2H3;1-3H3. The fourth-order valence-electron chi connectivity index (χ4n) is 1.33. The number of carbonyl (C=O) groups excluding carboxylic acids is 1. The van der Waals surface area contributed by atoms with E-state index in [0.29, 0.717) is 5.57 Å². The lowest BCUT2D eigenvalue weighted by Gasteiger charge is -2.00. The number of hydrogen-bond donors (Lipinski definition) is 0. The lowest BCUT2D eigenvalue weighted by Crippen LogP contribution is -2.08. The molecule has 0 amide bonds. The van der Waals surface area contributed by atoms with Crippen molar-refractivity contribution in [3.8, 4) is 0 Å². The fourth-order valence-corrected chi connectivity index (χ4v) is 1.33. The Hall–Kier alpha value is -1.61. The highest BCUT2D eigenvalue weighted by atomic mass is 16.2. The molecule has 0 aliphatic rings. The number of nitrogens with zero attached hydrogens (tertiary/aromatic N) is 2. The van der Waals surface area contributed by atoms with Crippen LogP contribution in [0.4, 0.5) is 0 Å². The van der Waals surface area contributed by atoms with E-state index in [4.69, 9.17) is 0 Å². The van der Waals surface area contributed by atoms with E-state index in [9.17, 15) is 4.79 Å². The topological polar surface area (TPSA) is 25.2 Å². The zero-order valence-electron chi connectivity index (χ0n) is 10.3. The minimum Gasteiger partial charge on any atom is -0.312 e. The zero-order valence-corrected chi connectivity index (χ0v) is 10.3. The van der Waals surface area contributed by atoms with Crippen molar-refractivity contribution in [1.29, 1.82) is 0 Å². The Balaban J connectivity index is 0.000000280. The first-order chi connectivity index (χ1) is 7.43. The predicted octanol–water partition coefficient (Wildman–Crippen LogP) is 2.47. The number of fused-ring (bicyclic) bond motifs is 2. The van der Waals surface area contributed by atoms with Crippen LogP contribution in [0.1, 0.15) is 11.7 Å². The summed E-state index contributed by atoms with van der Waals surface area (Å²) in [6, 6.07) is 7.71. The predicted molar refractivity (Wildman–Crippen MR) is 68.2 cm³/mol. The lowest BCUT2D eigenvalue weighted by atomic mass is 10.3. The average Bonchev–Trinajstić information content (AvgIpc) is 2.74. The van der Waals surface area contributed by atoms with Crippen LogP contribution in [0, 0.1) is 0 Å². The maximum absolute atomic E-state index is 11.5. The molecule has 0 spiro atoms. The van der Waals surface area contributed by atoms with E-state index < -0.39 is 0 Å². The van der Waals surface area contributed by atoms with Gasteiger partial charge in [0.1, 0.15) is 0 Å². The van der Waals surface area contributed by atoms with Gasteiger partial charge in [-0.1, -0.05) is 6.58 Å². The van der Waals surface area contributed by atoms with Gasteiger partial charge in [-0.25, -0.2) is 0 Å². The number of hydrogen-bond acceptors (Lipinski definition) is 2. The maximum Gasteiger partial charge on any atom is 0.257 e. The summed E-state index contributed by atoms with van der Waals surface area (Å²) in [7, 11) is 6.00. The van der Waals surface area contributed by atoms with Crippen molar-refractivity contribution < 1.29 is 4.79 Å². The third-order valence-electron chi connectivity index (χ3n) is 1.93. The van der Waals surface area contributed by atoms with Crippen molar-refractivity contribution in [2.75, 3.05) is 21.1 Å². The highest BCUT2D eigenvalue weighted by Crippen LogP contribution is 2.17. The molecular weight excluding hydrogens is 200 g/mol. The van der Waals surface area contributed by atoms with E-state index in [1.54, 1.807) is 11.5 Å². The quantitative estimate of drug-likeness (QED) is 0.687. The maximum atomic E-state index is 11.5. The molecule has 0 saturated heterocycles. The number of rotatable bonds is 1. The van der Waals surface area contributed by atoms with Gasteiger partial charge in [-0.3, -0.25) is 9.36 Å². The largest absolute Gasteiger partial charge is 0.312 e. The van der Waals surface area contributed by atoms with Gasteiger partial charge in [0, 0.05) is 16.6 Å². The van der Waals surface area contributed by atoms with Crippen molar-refractivity contribution in [2.45, 2.75) is 6.92 Å². The van der Waals surface area contributed by atoms with E-state index in [2.05, 4.69) is 6.58 Å². The molecule has 16 heavy (non-hydrogen) atoms. The third-order valence-corrected chi connectivity index (χ3v) is 1.93. The Labute approximate surface area is 96.3 Å². The van der Waals surface area contributed by atoms with Gasteiger partial charge in [0.25, 0.3) is 5.91 Å². The number of allylic oxidation sites excluding steroid dienone is 1. The van der Waals surface area contributed by atoms with Crippen LogP contribution in [0.5, 0.6) is 0 Å². The molecule has 86 valence electrons. The highest BCUT2D eigenvalue weighted by molar-refractivity contribution is 6.01. The molecule has 0 N–H and O–H groups in total. The molecule has 0 atom stereocenters. The summed E-state index contributed by atoms with van der Waals surface area (Å²) in [4.78, 5) is 13.5. The molecule has 0 unspecified atom stereocenters. The van der Waals surface area contributed by atoms with Crippen LogP contribution in [0.2, 0.25) is 0 Å². The number of benzene rings is 1. The molecule has 0 fully saturated rings. The van der Waals surface area contributed by atoms with E-state index in [1.165, 1.54) is 0 Å². The molecule has 0 aromatic carbocycles. The van der Waals surface area contributed by atoms with Crippen molar-refractivity contribution in [1.82, 2.24) is 9.47 Å². The lowest BCUT2D eigenvalue weighted by molar-refractivity contribution is 0.0965. The summed E-state index contributed by atoms with van der Waals surface area (Å²) in [6.07, 6.45) is 0. The Morgan fingerprint density at radius 1 is 1.12 bits per heavy atom. The van der Waals surface area contributed by atoms with E-state index in [0.717, 1.165) is 11.0 Å². The molecule has 0 aliphatic carbocycles. The van der Waals surface area contributed by atoms with Crippen LogP contribution in [-0.4, -0.2) is 36.5 Å². The normalized spacial score (nSPS) is 10.3. The average molecular weight is 218 g/mol. The van der Waals surface area contributed by atoms with Crippen molar-refractivity contribution in [3.05, 3.63) is 36.4 Å². The molecule has 0 saturated carbocycles. The summed E-state index contributed by atoms with van der Waals surface area (Å²) in [5.41, 5.74) is 2.45. The Bertz CT molecular complexity index is 431. The minimum atomic E-state index is -0.0185. The highest BCUT2D eigenvalue weighted by Gasteiger charge is 2.11. The third kappa shape index (κ3) is 2.70. The monoisotopic (exact) mass is 218 g/mol. The molecule has 2 bridgehead atoms. The molecule has 2 heterocycles. The Morgan fingerprint density at radius 2 is 1.44 bits per heavy atom. The van der Waals surface area contributed by atoms with Crippen molar-refractivity contribution in [2.24, 2.45) is 0 Å². The molecule has 0 radical (unpaired) electrons. The second-order valence-corrected chi connectivity index (χ2v) is 4.28. The van der Waals surface area contributed by atoms with Crippen LogP contribution in [-0.2, 0) is 0 Å². The first-order valence-corrected chi connectivity index (χ1v) is 5.14.